The van der Waals surface area contributed by atoms with Gasteiger partial charge in [0, 0.05) is 19.3 Å². The Morgan fingerprint density at radius 1 is 0.339 bits per heavy atom. The number of esters is 3. The molecule has 0 saturated carbocycles. The molecule has 0 fully saturated rings. The van der Waals surface area contributed by atoms with Crippen LogP contribution in [0.5, 0.6) is 0 Å². The Bertz CT molecular complexity index is 1180. The number of hydrogen-bond acceptors (Lipinski definition) is 6. The van der Waals surface area contributed by atoms with E-state index in [4.69, 9.17) is 14.2 Å². The highest BCUT2D eigenvalue weighted by Gasteiger charge is 2.19. The molecule has 0 rings (SSSR count). The Balaban J connectivity index is 4.18. The summed E-state index contributed by atoms with van der Waals surface area (Å²) in [5.74, 6) is -0.915. The first kappa shape index (κ1) is 58.9. The Morgan fingerprint density at radius 3 is 1.00 bits per heavy atom. The molecular formula is C56H96O6. The third-order valence-corrected chi connectivity index (χ3v) is 10.9. The van der Waals surface area contributed by atoms with Crippen LogP contribution in [0.1, 0.15) is 245 Å². The van der Waals surface area contributed by atoms with E-state index in [0.717, 1.165) is 116 Å². The van der Waals surface area contributed by atoms with Gasteiger partial charge in [-0.15, -0.1) is 0 Å². The second kappa shape index (κ2) is 50.5. The minimum atomic E-state index is -0.780. The van der Waals surface area contributed by atoms with Crippen LogP contribution >= 0.6 is 0 Å². The van der Waals surface area contributed by atoms with Crippen molar-refractivity contribution in [2.75, 3.05) is 13.2 Å². The second-order valence-corrected chi connectivity index (χ2v) is 17.1. The minimum Gasteiger partial charge on any atom is -0.462 e. The average molecular weight is 865 g/mol. The zero-order chi connectivity index (χ0) is 45.1. The molecule has 6 nitrogen and oxygen atoms in total. The van der Waals surface area contributed by atoms with E-state index in [2.05, 4.69) is 93.7 Å². The van der Waals surface area contributed by atoms with Gasteiger partial charge in [0.15, 0.2) is 6.10 Å². The number of carbonyl (C=O) groups excluding carboxylic acids is 3. The van der Waals surface area contributed by atoms with Gasteiger partial charge in [-0.3, -0.25) is 14.4 Å². The maximum atomic E-state index is 12.7. The fourth-order valence-corrected chi connectivity index (χ4v) is 7.05. The molecule has 1 atom stereocenters. The smallest absolute Gasteiger partial charge is 0.306 e. The van der Waals surface area contributed by atoms with E-state index in [1.165, 1.54) is 89.9 Å². The summed E-state index contributed by atoms with van der Waals surface area (Å²) in [6.07, 6.45) is 63.5. The van der Waals surface area contributed by atoms with Crippen LogP contribution in [-0.2, 0) is 28.6 Å². The van der Waals surface area contributed by atoms with Crippen molar-refractivity contribution >= 4 is 17.9 Å². The SMILES string of the molecule is CC/C=C\C/C=C\C/C=C\C/C=C\C/C=C\CCCCCCCCCC(=O)OCC(COC(=O)CCCCCCC)OC(=O)CCCCCCC/C=C\CCCCCCCCC. The molecule has 0 radical (unpaired) electrons. The van der Waals surface area contributed by atoms with Gasteiger partial charge < -0.3 is 14.2 Å². The van der Waals surface area contributed by atoms with E-state index in [0.29, 0.717) is 19.3 Å². The molecule has 62 heavy (non-hydrogen) atoms. The lowest BCUT2D eigenvalue weighted by molar-refractivity contribution is -0.167. The van der Waals surface area contributed by atoms with Crippen LogP contribution in [0.25, 0.3) is 0 Å². The fourth-order valence-electron chi connectivity index (χ4n) is 7.05. The van der Waals surface area contributed by atoms with Crippen molar-refractivity contribution in [3.8, 4) is 0 Å². The van der Waals surface area contributed by atoms with Crippen LogP contribution in [0.3, 0.4) is 0 Å². The molecule has 1 unspecified atom stereocenters. The highest BCUT2D eigenvalue weighted by Crippen LogP contribution is 2.14. The van der Waals surface area contributed by atoms with Gasteiger partial charge in [-0.2, -0.15) is 0 Å². The lowest BCUT2D eigenvalue weighted by Gasteiger charge is -2.18. The Labute approximate surface area is 382 Å². The molecular weight excluding hydrogens is 769 g/mol. The van der Waals surface area contributed by atoms with E-state index in [1.54, 1.807) is 0 Å². The molecule has 0 bridgehead atoms. The maximum Gasteiger partial charge on any atom is 0.306 e. The van der Waals surface area contributed by atoms with Gasteiger partial charge in [0.25, 0.3) is 0 Å². The van der Waals surface area contributed by atoms with Gasteiger partial charge in [-0.25, -0.2) is 0 Å². The predicted molar refractivity (Wildman–Crippen MR) is 265 cm³/mol. The van der Waals surface area contributed by atoms with Gasteiger partial charge in [0.2, 0.25) is 0 Å². The lowest BCUT2D eigenvalue weighted by atomic mass is 10.1. The van der Waals surface area contributed by atoms with Gasteiger partial charge >= 0.3 is 17.9 Å². The van der Waals surface area contributed by atoms with Crippen molar-refractivity contribution in [1.82, 2.24) is 0 Å². The first-order valence-corrected chi connectivity index (χ1v) is 25.9. The molecule has 6 heteroatoms. The predicted octanol–water partition coefficient (Wildman–Crippen LogP) is 17.0. The quantitative estimate of drug-likeness (QED) is 0.0262. The lowest BCUT2D eigenvalue weighted by Crippen LogP contribution is -2.30. The van der Waals surface area contributed by atoms with Crippen LogP contribution in [0, 0.1) is 0 Å². The standard InChI is InChI=1S/C56H96O6/c1-4-7-10-13-15-17-19-21-23-25-26-27-28-29-30-31-33-34-36-38-40-43-46-49-55(58)61-52-53(51-60-54(57)48-45-42-12-9-6-3)62-56(59)50-47-44-41-39-37-35-32-24-22-20-18-16-14-11-8-5-2/h7,10,15,17,21,23-24,26-27,29-30,32,53H,4-6,8-9,11-14,16,18-20,22,25,28,31,33-52H2,1-3H3/b10-7-,17-15-,23-21-,27-26-,30-29-,32-24-. The summed E-state index contributed by atoms with van der Waals surface area (Å²) in [7, 11) is 0. The summed E-state index contributed by atoms with van der Waals surface area (Å²) in [4.78, 5) is 37.7. The number of hydrogen-bond donors (Lipinski definition) is 0. The molecule has 0 saturated heterocycles. The molecule has 0 aromatic rings. The molecule has 0 amide bonds. The zero-order valence-corrected chi connectivity index (χ0v) is 40.6. The first-order chi connectivity index (χ1) is 30.5. The maximum absolute atomic E-state index is 12.7. The number of carbonyl (C=O) groups is 3. The highest BCUT2D eigenvalue weighted by atomic mass is 16.6. The summed E-state index contributed by atoms with van der Waals surface area (Å²) < 4.78 is 16.7. The Morgan fingerprint density at radius 2 is 0.629 bits per heavy atom. The number of unbranched alkanes of at least 4 members (excludes halogenated alkanes) is 23. The second-order valence-electron chi connectivity index (χ2n) is 17.1. The van der Waals surface area contributed by atoms with Crippen molar-refractivity contribution in [2.24, 2.45) is 0 Å². The first-order valence-electron chi connectivity index (χ1n) is 25.9. The molecule has 0 heterocycles. The molecule has 0 aliphatic rings. The fraction of sp³-hybridized carbons (Fsp3) is 0.732. The van der Waals surface area contributed by atoms with Crippen LogP contribution in [0.2, 0.25) is 0 Å². The molecule has 356 valence electrons. The van der Waals surface area contributed by atoms with E-state index in [1.807, 2.05) is 0 Å². The summed E-state index contributed by atoms with van der Waals surface area (Å²) in [6.45, 7) is 6.42. The summed E-state index contributed by atoms with van der Waals surface area (Å²) in [6, 6.07) is 0. The summed E-state index contributed by atoms with van der Waals surface area (Å²) in [5.41, 5.74) is 0. The van der Waals surface area contributed by atoms with E-state index < -0.39 is 6.10 Å². The minimum absolute atomic E-state index is 0.0830. The van der Waals surface area contributed by atoms with Gasteiger partial charge in [-0.05, 0) is 89.9 Å². The van der Waals surface area contributed by atoms with Crippen molar-refractivity contribution in [2.45, 2.75) is 252 Å². The van der Waals surface area contributed by atoms with Crippen molar-refractivity contribution in [3.63, 3.8) is 0 Å². The van der Waals surface area contributed by atoms with Crippen molar-refractivity contribution in [3.05, 3.63) is 72.9 Å². The average Bonchev–Trinajstić information content (AvgIpc) is 3.27. The van der Waals surface area contributed by atoms with Crippen LogP contribution in [0.4, 0.5) is 0 Å². The summed E-state index contributed by atoms with van der Waals surface area (Å²) >= 11 is 0. The highest BCUT2D eigenvalue weighted by molar-refractivity contribution is 5.71. The third kappa shape index (κ3) is 47.9. The summed E-state index contributed by atoms with van der Waals surface area (Å²) in [5, 5.41) is 0. The van der Waals surface area contributed by atoms with Gasteiger partial charge in [-0.1, -0.05) is 209 Å². The largest absolute Gasteiger partial charge is 0.462 e. The van der Waals surface area contributed by atoms with Crippen LogP contribution in [-0.4, -0.2) is 37.2 Å². The molecule has 0 aliphatic heterocycles. The van der Waals surface area contributed by atoms with Gasteiger partial charge in [0.1, 0.15) is 13.2 Å². The normalized spacial score (nSPS) is 12.6. The van der Waals surface area contributed by atoms with Gasteiger partial charge in [0.05, 0.1) is 0 Å². The monoisotopic (exact) mass is 865 g/mol. The molecule has 0 N–H and O–H groups in total. The molecule has 0 aromatic carbocycles. The topological polar surface area (TPSA) is 78.9 Å². The van der Waals surface area contributed by atoms with Crippen molar-refractivity contribution in [1.29, 1.82) is 0 Å². The van der Waals surface area contributed by atoms with Crippen molar-refractivity contribution < 1.29 is 28.6 Å². The van der Waals surface area contributed by atoms with Crippen LogP contribution in [0.15, 0.2) is 72.9 Å². The molecule has 0 spiro atoms. The Hall–Kier alpha value is -3.15. The number of rotatable bonds is 46. The number of allylic oxidation sites excluding steroid dienone is 12. The molecule has 0 aliphatic carbocycles. The van der Waals surface area contributed by atoms with E-state index in [9.17, 15) is 14.4 Å². The molecule has 0 aromatic heterocycles. The zero-order valence-electron chi connectivity index (χ0n) is 40.6. The van der Waals surface area contributed by atoms with Crippen LogP contribution < -0.4 is 0 Å². The number of ether oxygens (including phenoxy) is 3. The van der Waals surface area contributed by atoms with E-state index >= 15 is 0 Å². The Kier molecular flexibility index (Phi) is 47.9. The van der Waals surface area contributed by atoms with E-state index in [-0.39, 0.29) is 31.1 Å². The third-order valence-electron chi connectivity index (χ3n) is 10.9.